The zero-order chi connectivity index (χ0) is 13.6. The number of nitrogens with zero attached hydrogens (tertiary/aromatic N) is 4. The normalized spacial score (nSPS) is 11.3. The molecule has 98 valence electrons. The van der Waals surface area contributed by atoms with Gasteiger partial charge in [-0.05, 0) is 26.3 Å². The SMILES string of the molecule is Cc1cnc(Cn2c(C)c(C)c3c(N)ncnc32)s1. The maximum Gasteiger partial charge on any atom is 0.146 e. The number of aromatic nitrogens is 4. The van der Waals surface area contributed by atoms with E-state index in [-0.39, 0.29) is 0 Å². The lowest BCUT2D eigenvalue weighted by Crippen LogP contribution is -2.03. The Morgan fingerprint density at radius 1 is 1.21 bits per heavy atom. The third kappa shape index (κ3) is 1.88. The number of thiazole rings is 1. The summed E-state index contributed by atoms with van der Waals surface area (Å²) >= 11 is 1.71. The number of nitrogens with two attached hydrogens (primary N) is 1. The summed E-state index contributed by atoms with van der Waals surface area (Å²) in [7, 11) is 0. The Labute approximate surface area is 115 Å². The van der Waals surface area contributed by atoms with E-state index in [1.807, 2.05) is 6.20 Å². The van der Waals surface area contributed by atoms with Gasteiger partial charge >= 0.3 is 0 Å². The molecule has 5 nitrogen and oxygen atoms in total. The number of rotatable bonds is 2. The molecule has 0 saturated carbocycles. The minimum Gasteiger partial charge on any atom is -0.383 e. The van der Waals surface area contributed by atoms with Crippen molar-refractivity contribution in [3.05, 3.63) is 33.7 Å². The summed E-state index contributed by atoms with van der Waals surface area (Å²) in [6.07, 6.45) is 3.41. The molecule has 3 heterocycles. The molecule has 0 bridgehead atoms. The molecule has 6 heteroatoms. The molecular formula is C13H15N5S. The van der Waals surface area contributed by atoms with Gasteiger partial charge < -0.3 is 10.3 Å². The van der Waals surface area contributed by atoms with Gasteiger partial charge in [-0.3, -0.25) is 0 Å². The van der Waals surface area contributed by atoms with Crippen LogP contribution in [0.2, 0.25) is 0 Å². The Morgan fingerprint density at radius 3 is 2.68 bits per heavy atom. The maximum atomic E-state index is 5.96. The van der Waals surface area contributed by atoms with Crippen LogP contribution in [0.3, 0.4) is 0 Å². The van der Waals surface area contributed by atoms with Gasteiger partial charge in [-0.25, -0.2) is 15.0 Å². The maximum absolute atomic E-state index is 5.96. The smallest absolute Gasteiger partial charge is 0.146 e. The molecule has 0 atom stereocenters. The van der Waals surface area contributed by atoms with Crippen molar-refractivity contribution in [3.63, 3.8) is 0 Å². The van der Waals surface area contributed by atoms with Gasteiger partial charge in [-0.2, -0.15) is 0 Å². The lowest BCUT2D eigenvalue weighted by Gasteiger charge is -2.05. The van der Waals surface area contributed by atoms with Crippen LogP contribution in [-0.2, 0) is 6.54 Å². The lowest BCUT2D eigenvalue weighted by atomic mass is 10.2. The van der Waals surface area contributed by atoms with Gasteiger partial charge in [0.15, 0.2) is 0 Å². The molecule has 0 aliphatic heterocycles. The fourth-order valence-corrected chi connectivity index (χ4v) is 3.08. The van der Waals surface area contributed by atoms with Crippen LogP contribution in [-0.4, -0.2) is 19.5 Å². The van der Waals surface area contributed by atoms with Crippen LogP contribution in [0.5, 0.6) is 0 Å². The first-order chi connectivity index (χ1) is 9.08. The summed E-state index contributed by atoms with van der Waals surface area (Å²) in [6.45, 7) is 6.93. The second-order valence-electron chi connectivity index (χ2n) is 4.62. The second kappa shape index (κ2) is 4.31. The first-order valence-electron chi connectivity index (χ1n) is 6.05. The molecule has 0 unspecified atom stereocenters. The molecular weight excluding hydrogens is 258 g/mol. The molecule has 0 saturated heterocycles. The monoisotopic (exact) mass is 273 g/mol. The fraction of sp³-hybridized carbons (Fsp3) is 0.308. The molecule has 0 aliphatic rings. The highest BCUT2D eigenvalue weighted by Gasteiger charge is 2.15. The van der Waals surface area contributed by atoms with Gasteiger partial charge in [0.2, 0.25) is 0 Å². The Balaban J connectivity index is 2.18. The van der Waals surface area contributed by atoms with Gasteiger partial charge in [0.25, 0.3) is 0 Å². The number of hydrogen-bond acceptors (Lipinski definition) is 5. The molecule has 3 aromatic rings. The van der Waals surface area contributed by atoms with Crippen molar-refractivity contribution in [2.24, 2.45) is 0 Å². The molecule has 0 fully saturated rings. The number of hydrogen-bond donors (Lipinski definition) is 1. The van der Waals surface area contributed by atoms with E-state index in [0.29, 0.717) is 5.82 Å². The van der Waals surface area contributed by atoms with E-state index < -0.39 is 0 Å². The predicted molar refractivity (Wildman–Crippen MR) is 77.4 cm³/mol. The largest absolute Gasteiger partial charge is 0.383 e. The molecule has 0 aromatic carbocycles. The Morgan fingerprint density at radius 2 is 2.00 bits per heavy atom. The molecule has 3 aromatic heterocycles. The predicted octanol–water partition coefficient (Wildman–Crippen LogP) is 2.44. The van der Waals surface area contributed by atoms with Crippen molar-refractivity contribution in [1.29, 1.82) is 0 Å². The van der Waals surface area contributed by atoms with E-state index in [1.54, 1.807) is 11.3 Å². The van der Waals surface area contributed by atoms with Crippen LogP contribution in [0.15, 0.2) is 12.5 Å². The van der Waals surface area contributed by atoms with Crippen LogP contribution < -0.4 is 5.73 Å². The summed E-state index contributed by atoms with van der Waals surface area (Å²) in [5, 5.41) is 2.03. The highest BCUT2D eigenvalue weighted by atomic mass is 32.1. The van der Waals surface area contributed by atoms with Gasteiger partial charge in [-0.1, -0.05) is 0 Å². The van der Waals surface area contributed by atoms with Gasteiger partial charge in [-0.15, -0.1) is 11.3 Å². The van der Waals surface area contributed by atoms with E-state index in [2.05, 4.69) is 40.3 Å². The number of aryl methyl sites for hydroxylation is 2. The van der Waals surface area contributed by atoms with Crippen molar-refractivity contribution in [2.75, 3.05) is 5.73 Å². The Bertz CT molecular complexity index is 756. The molecule has 3 rings (SSSR count). The van der Waals surface area contributed by atoms with Crippen LogP contribution in [0.25, 0.3) is 11.0 Å². The summed E-state index contributed by atoms with van der Waals surface area (Å²) < 4.78 is 2.15. The highest BCUT2D eigenvalue weighted by Crippen LogP contribution is 2.28. The minimum absolute atomic E-state index is 0.541. The van der Waals surface area contributed by atoms with Gasteiger partial charge in [0.1, 0.15) is 22.8 Å². The van der Waals surface area contributed by atoms with Crippen molar-refractivity contribution in [3.8, 4) is 0 Å². The van der Waals surface area contributed by atoms with Crippen molar-refractivity contribution in [1.82, 2.24) is 19.5 Å². The lowest BCUT2D eigenvalue weighted by molar-refractivity contribution is 0.783. The van der Waals surface area contributed by atoms with E-state index in [9.17, 15) is 0 Å². The van der Waals surface area contributed by atoms with Crippen LogP contribution >= 0.6 is 11.3 Å². The summed E-state index contributed by atoms with van der Waals surface area (Å²) in [6, 6.07) is 0. The Kier molecular flexibility index (Phi) is 2.74. The minimum atomic E-state index is 0.541. The average Bonchev–Trinajstić information content (AvgIpc) is 2.88. The molecule has 19 heavy (non-hydrogen) atoms. The van der Waals surface area contributed by atoms with E-state index in [0.717, 1.165) is 33.8 Å². The molecule has 0 aliphatic carbocycles. The molecule has 0 amide bonds. The zero-order valence-electron chi connectivity index (χ0n) is 11.1. The molecule has 2 N–H and O–H groups in total. The third-order valence-corrected chi connectivity index (χ3v) is 4.29. The standard InChI is InChI=1S/C13H15N5S/c1-7-4-15-10(19-7)5-18-9(3)8(2)11-12(14)16-6-17-13(11)18/h4,6H,5H2,1-3H3,(H2,14,16,17). The number of fused-ring (bicyclic) bond motifs is 1. The van der Waals surface area contributed by atoms with E-state index in [1.165, 1.54) is 11.2 Å². The molecule has 0 radical (unpaired) electrons. The number of nitrogen functional groups attached to an aromatic ring is 1. The zero-order valence-corrected chi connectivity index (χ0v) is 12.0. The van der Waals surface area contributed by atoms with Crippen LogP contribution in [0, 0.1) is 20.8 Å². The second-order valence-corrected chi connectivity index (χ2v) is 5.94. The quantitative estimate of drug-likeness (QED) is 0.778. The Hall–Kier alpha value is -1.95. The first kappa shape index (κ1) is 12.1. The van der Waals surface area contributed by atoms with E-state index in [4.69, 9.17) is 5.73 Å². The van der Waals surface area contributed by atoms with Crippen molar-refractivity contribution < 1.29 is 0 Å². The summed E-state index contributed by atoms with van der Waals surface area (Å²) in [5.74, 6) is 0.541. The first-order valence-corrected chi connectivity index (χ1v) is 6.86. The highest BCUT2D eigenvalue weighted by molar-refractivity contribution is 7.11. The van der Waals surface area contributed by atoms with Crippen molar-refractivity contribution >= 4 is 28.2 Å². The average molecular weight is 273 g/mol. The topological polar surface area (TPSA) is 69.6 Å². The van der Waals surface area contributed by atoms with Crippen molar-refractivity contribution in [2.45, 2.75) is 27.3 Å². The summed E-state index contributed by atoms with van der Waals surface area (Å²) in [5.41, 5.74) is 9.15. The number of anilines is 1. The van der Waals surface area contributed by atoms with Crippen LogP contribution in [0.4, 0.5) is 5.82 Å². The third-order valence-electron chi connectivity index (χ3n) is 3.40. The van der Waals surface area contributed by atoms with E-state index >= 15 is 0 Å². The van der Waals surface area contributed by atoms with Gasteiger partial charge in [0, 0.05) is 16.8 Å². The summed E-state index contributed by atoms with van der Waals surface area (Å²) in [4.78, 5) is 14.1. The fourth-order valence-electron chi connectivity index (χ4n) is 2.30. The van der Waals surface area contributed by atoms with Gasteiger partial charge in [0.05, 0.1) is 11.9 Å². The molecule has 0 spiro atoms. The van der Waals surface area contributed by atoms with Crippen LogP contribution in [0.1, 0.15) is 21.1 Å².